The third kappa shape index (κ3) is 7.51. The van der Waals surface area contributed by atoms with Crippen LogP contribution in [0, 0.1) is 13.8 Å². The number of amides is 2. The minimum absolute atomic E-state index is 0. The second-order valence-corrected chi connectivity index (χ2v) is 9.90. The number of rotatable bonds is 12. The second kappa shape index (κ2) is 14.1. The highest BCUT2D eigenvalue weighted by Crippen LogP contribution is 2.30. The molecule has 216 valence electrons. The first kappa shape index (κ1) is 30.9. The van der Waals surface area contributed by atoms with Crippen molar-refractivity contribution in [2.24, 2.45) is 0 Å². The Balaban J connectivity index is 0.00000441. The van der Waals surface area contributed by atoms with Crippen molar-refractivity contribution in [1.29, 1.82) is 0 Å². The van der Waals surface area contributed by atoms with Gasteiger partial charge < -0.3 is 29.7 Å². The van der Waals surface area contributed by atoms with Crippen LogP contribution in [0.3, 0.4) is 0 Å². The Morgan fingerprint density at radius 1 is 1.07 bits per heavy atom. The summed E-state index contributed by atoms with van der Waals surface area (Å²) in [6, 6.07) is 11.9. The van der Waals surface area contributed by atoms with Crippen LogP contribution in [0.4, 0.5) is 5.69 Å². The zero-order valence-electron chi connectivity index (χ0n) is 23.8. The van der Waals surface area contributed by atoms with Crippen LogP contribution < -0.4 is 20.3 Å². The quantitative estimate of drug-likeness (QED) is 0.320. The number of benzene rings is 2. The summed E-state index contributed by atoms with van der Waals surface area (Å²) in [5.41, 5.74) is 4.91. The van der Waals surface area contributed by atoms with Gasteiger partial charge in [0.15, 0.2) is 0 Å². The van der Waals surface area contributed by atoms with E-state index in [9.17, 15) is 9.59 Å². The molecular weight excluding hydrogens is 532 g/mol. The van der Waals surface area contributed by atoms with E-state index in [0.29, 0.717) is 24.8 Å². The summed E-state index contributed by atoms with van der Waals surface area (Å²) in [5.74, 6) is 1.55. The van der Waals surface area contributed by atoms with E-state index in [1.54, 1.807) is 14.0 Å². The highest BCUT2D eigenvalue weighted by molar-refractivity contribution is 5.87. The molecule has 40 heavy (non-hydrogen) atoms. The Labute approximate surface area is 241 Å². The smallest absolute Gasteiger partial charge is 0.242 e. The fourth-order valence-corrected chi connectivity index (χ4v) is 4.88. The molecule has 0 bridgehead atoms. The standard InChI is InChI=1S/C29H38N6O4.ClH/c1-6-30-11-12-31-27(36)17-35(26-16-22(8-7-19(26)2)29-32-20(3)39-33-29)18-28(37)34(4)24-13-21-9-10-25(38-5)15-23(21)14-24;/h7-10,15-16,24,30H,6,11-14,17-18H2,1-5H3,(H,31,36);1H. The molecule has 1 aliphatic carbocycles. The number of aromatic nitrogens is 2. The minimum Gasteiger partial charge on any atom is -0.497 e. The van der Waals surface area contributed by atoms with Crippen LogP contribution in [0.5, 0.6) is 5.75 Å². The lowest BCUT2D eigenvalue weighted by Crippen LogP contribution is -2.47. The monoisotopic (exact) mass is 570 g/mol. The molecular formula is C29H39ClN6O4. The molecule has 0 fully saturated rings. The summed E-state index contributed by atoms with van der Waals surface area (Å²) >= 11 is 0. The van der Waals surface area contributed by atoms with E-state index in [1.807, 2.05) is 61.0 Å². The van der Waals surface area contributed by atoms with Crippen molar-refractivity contribution in [3.8, 4) is 17.1 Å². The number of hydrogen-bond donors (Lipinski definition) is 2. The molecule has 2 N–H and O–H groups in total. The van der Waals surface area contributed by atoms with Crippen LogP contribution in [-0.4, -0.2) is 79.8 Å². The first-order valence-electron chi connectivity index (χ1n) is 13.3. The van der Waals surface area contributed by atoms with Crippen LogP contribution in [-0.2, 0) is 22.4 Å². The average molecular weight is 571 g/mol. The number of carbonyl (C=O) groups excluding carboxylic acids is 2. The van der Waals surface area contributed by atoms with Gasteiger partial charge in [0.2, 0.25) is 23.5 Å². The van der Waals surface area contributed by atoms with E-state index in [4.69, 9.17) is 9.26 Å². The van der Waals surface area contributed by atoms with Gasteiger partial charge in [-0.05, 0) is 61.2 Å². The number of carbonyl (C=O) groups is 2. The van der Waals surface area contributed by atoms with Gasteiger partial charge in [0.25, 0.3) is 0 Å². The zero-order valence-corrected chi connectivity index (χ0v) is 24.6. The van der Waals surface area contributed by atoms with Gasteiger partial charge in [-0.15, -0.1) is 12.4 Å². The molecule has 10 nitrogen and oxygen atoms in total. The third-order valence-corrected chi connectivity index (χ3v) is 7.14. The van der Waals surface area contributed by atoms with Crippen LogP contribution in [0.2, 0.25) is 0 Å². The van der Waals surface area contributed by atoms with Gasteiger partial charge in [0, 0.05) is 44.4 Å². The highest BCUT2D eigenvalue weighted by Gasteiger charge is 2.29. The molecule has 0 spiro atoms. The molecule has 1 aliphatic rings. The lowest BCUT2D eigenvalue weighted by Gasteiger charge is -2.30. The van der Waals surface area contributed by atoms with E-state index in [2.05, 4.69) is 26.8 Å². The molecule has 0 radical (unpaired) electrons. The molecule has 0 saturated carbocycles. The van der Waals surface area contributed by atoms with Crippen molar-refractivity contribution in [2.45, 2.75) is 39.7 Å². The van der Waals surface area contributed by atoms with Gasteiger partial charge in [0.1, 0.15) is 5.75 Å². The van der Waals surface area contributed by atoms with E-state index >= 15 is 0 Å². The van der Waals surface area contributed by atoms with Crippen molar-refractivity contribution in [3.63, 3.8) is 0 Å². The van der Waals surface area contributed by atoms with Crippen LogP contribution in [0.25, 0.3) is 11.4 Å². The topological polar surface area (TPSA) is 113 Å². The fraction of sp³-hybridized carbons (Fsp3) is 0.448. The molecule has 2 amide bonds. The van der Waals surface area contributed by atoms with Crippen LogP contribution in [0.1, 0.15) is 29.5 Å². The van der Waals surface area contributed by atoms with E-state index in [0.717, 1.165) is 42.0 Å². The van der Waals surface area contributed by atoms with Crippen molar-refractivity contribution in [3.05, 3.63) is 59.0 Å². The Morgan fingerprint density at radius 3 is 2.55 bits per heavy atom. The van der Waals surface area contributed by atoms with Crippen molar-refractivity contribution in [1.82, 2.24) is 25.7 Å². The Kier molecular flexibility index (Phi) is 10.9. The lowest BCUT2D eigenvalue weighted by molar-refractivity contribution is -0.130. The predicted octanol–water partition coefficient (Wildman–Crippen LogP) is 2.94. The van der Waals surface area contributed by atoms with Gasteiger partial charge in [-0.25, -0.2) is 0 Å². The van der Waals surface area contributed by atoms with Crippen molar-refractivity contribution in [2.75, 3.05) is 51.8 Å². The average Bonchev–Trinajstić information content (AvgIpc) is 3.56. The zero-order chi connectivity index (χ0) is 27.9. The van der Waals surface area contributed by atoms with Gasteiger partial charge in [-0.1, -0.05) is 30.3 Å². The summed E-state index contributed by atoms with van der Waals surface area (Å²) < 4.78 is 10.5. The molecule has 1 heterocycles. The van der Waals surface area contributed by atoms with Gasteiger partial charge in [-0.3, -0.25) is 9.59 Å². The largest absolute Gasteiger partial charge is 0.497 e. The summed E-state index contributed by atoms with van der Waals surface area (Å²) in [4.78, 5) is 34.5. The van der Waals surface area contributed by atoms with Crippen LogP contribution in [0.15, 0.2) is 40.9 Å². The number of nitrogens with zero attached hydrogens (tertiary/aromatic N) is 4. The first-order valence-corrected chi connectivity index (χ1v) is 13.3. The maximum absolute atomic E-state index is 13.6. The Bertz CT molecular complexity index is 1310. The summed E-state index contributed by atoms with van der Waals surface area (Å²) in [6.07, 6.45) is 1.56. The van der Waals surface area contributed by atoms with E-state index in [-0.39, 0.29) is 43.4 Å². The number of aryl methyl sites for hydroxylation is 2. The lowest BCUT2D eigenvalue weighted by atomic mass is 10.1. The molecule has 4 rings (SSSR count). The molecule has 0 saturated heterocycles. The van der Waals surface area contributed by atoms with Crippen molar-refractivity contribution >= 4 is 29.9 Å². The molecule has 3 aromatic rings. The number of likely N-dealkylation sites (N-methyl/N-ethyl adjacent to an activating group) is 2. The number of anilines is 1. The molecule has 1 atom stereocenters. The number of halogens is 1. The maximum Gasteiger partial charge on any atom is 0.242 e. The van der Waals surface area contributed by atoms with E-state index < -0.39 is 0 Å². The maximum atomic E-state index is 13.6. The Hall–Kier alpha value is -3.63. The molecule has 0 aliphatic heterocycles. The third-order valence-electron chi connectivity index (χ3n) is 7.14. The Morgan fingerprint density at radius 2 is 1.85 bits per heavy atom. The second-order valence-electron chi connectivity index (χ2n) is 9.90. The highest BCUT2D eigenvalue weighted by atomic mass is 35.5. The number of hydrogen-bond acceptors (Lipinski definition) is 8. The summed E-state index contributed by atoms with van der Waals surface area (Å²) in [6.45, 7) is 7.86. The summed E-state index contributed by atoms with van der Waals surface area (Å²) in [7, 11) is 3.50. The van der Waals surface area contributed by atoms with Gasteiger partial charge >= 0.3 is 0 Å². The molecule has 11 heteroatoms. The predicted molar refractivity (Wildman–Crippen MR) is 157 cm³/mol. The van der Waals surface area contributed by atoms with Gasteiger partial charge in [0.05, 0.1) is 20.2 Å². The van der Waals surface area contributed by atoms with Gasteiger partial charge in [-0.2, -0.15) is 4.98 Å². The summed E-state index contributed by atoms with van der Waals surface area (Å²) in [5, 5.41) is 10.2. The van der Waals surface area contributed by atoms with E-state index in [1.165, 1.54) is 11.1 Å². The minimum atomic E-state index is -0.149. The molecule has 2 aromatic carbocycles. The SMILES string of the molecule is CCNCCNC(=O)CN(CC(=O)N(C)C1Cc2ccc(OC)cc2C1)c1cc(-c2noc(C)n2)ccc1C.Cl. The number of fused-ring (bicyclic) bond motifs is 1. The van der Waals surface area contributed by atoms with Crippen LogP contribution >= 0.6 is 12.4 Å². The fourth-order valence-electron chi connectivity index (χ4n) is 4.88. The molecule has 1 unspecified atom stereocenters. The van der Waals surface area contributed by atoms with Crippen molar-refractivity contribution < 1.29 is 18.8 Å². The normalized spacial score (nSPS) is 13.8. The number of nitrogens with one attached hydrogen (secondary N) is 2. The molecule has 1 aromatic heterocycles. The number of ether oxygens (including phenoxy) is 1. The number of methoxy groups -OCH3 is 1. The first-order chi connectivity index (χ1) is 18.8.